The smallest absolute Gasteiger partial charge is 0.416 e. The van der Waals surface area contributed by atoms with Crippen molar-refractivity contribution in [1.29, 1.82) is 0 Å². The zero-order valence-corrected chi connectivity index (χ0v) is 18.5. The number of nitrogens with zero attached hydrogens (tertiary/aromatic N) is 1. The fourth-order valence-electron chi connectivity index (χ4n) is 4.19. The largest absolute Gasteiger partial charge is 0.489 e. The van der Waals surface area contributed by atoms with E-state index in [1.807, 2.05) is 4.90 Å². The highest BCUT2D eigenvalue weighted by Crippen LogP contribution is 2.38. The van der Waals surface area contributed by atoms with Gasteiger partial charge in [0, 0.05) is 30.8 Å². The molecule has 0 radical (unpaired) electrons. The van der Waals surface area contributed by atoms with E-state index >= 15 is 0 Å². The first kappa shape index (κ1) is 25.8. The van der Waals surface area contributed by atoms with E-state index in [0.717, 1.165) is 11.6 Å². The van der Waals surface area contributed by atoms with Gasteiger partial charge in [0.05, 0.1) is 22.6 Å². The zero-order valence-electron chi connectivity index (χ0n) is 18.5. The van der Waals surface area contributed by atoms with Crippen LogP contribution in [0.15, 0.2) is 35.9 Å². The molecule has 0 saturated carbocycles. The van der Waals surface area contributed by atoms with Crippen molar-refractivity contribution in [1.82, 2.24) is 4.90 Å². The predicted octanol–water partition coefficient (Wildman–Crippen LogP) is 5.62. The Bertz CT molecular complexity index is 1190. The van der Waals surface area contributed by atoms with Gasteiger partial charge >= 0.3 is 18.3 Å². The molecule has 1 saturated heterocycles. The van der Waals surface area contributed by atoms with Crippen molar-refractivity contribution in [3.05, 3.63) is 64.0 Å². The molecule has 2 aliphatic rings. The number of carboxylic acids is 1. The van der Waals surface area contributed by atoms with Gasteiger partial charge < -0.3 is 14.6 Å². The van der Waals surface area contributed by atoms with E-state index in [-0.39, 0.29) is 29.7 Å². The van der Waals surface area contributed by atoms with Crippen molar-refractivity contribution >= 4 is 12.0 Å². The molecule has 2 heterocycles. The average molecular weight is 519 g/mol. The molecular formula is C24H20F7NO4. The van der Waals surface area contributed by atoms with Gasteiger partial charge in [-0.2, -0.15) is 26.3 Å². The molecule has 1 unspecified atom stereocenters. The number of benzene rings is 2. The molecule has 194 valence electrons. The maximum atomic E-state index is 14.8. The maximum absolute atomic E-state index is 14.8. The van der Waals surface area contributed by atoms with Gasteiger partial charge in [-0.05, 0) is 36.7 Å². The number of likely N-dealkylation sites (tertiary alicyclic amines) is 1. The van der Waals surface area contributed by atoms with Gasteiger partial charge in [0.15, 0.2) is 0 Å². The fraction of sp³-hybridized carbons (Fsp3) is 0.375. The molecule has 12 heteroatoms. The summed E-state index contributed by atoms with van der Waals surface area (Å²) in [6, 6.07) is 3.46. The third-order valence-electron chi connectivity index (χ3n) is 6.01. The highest BCUT2D eigenvalue weighted by molar-refractivity contribution is 5.70. The van der Waals surface area contributed by atoms with Crippen LogP contribution in [0, 0.1) is 11.7 Å². The lowest BCUT2D eigenvalue weighted by Crippen LogP contribution is -2.27. The number of hydrogen-bond donors (Lipinski definition) is 1. The molecule has 0 aromatic heterocycles. The number of carbonyl (C=O) groups is 1. The zero-order chi connectivity index (χ0) is 26.3. The van der Waals surface area contributed by atoms with Gasteiger partial charge in [-0.15, -0.1) is 0 Å². The Labute approximate surface area is 200 Å². The van der Waals surface area contributed by atoms with Crippen LogP contribution in [0.3, 0.4) is 0 Å². The maximum Gasteiger partial charge on any atom is 0.416 e. The Morgan fingerprint density at radius 1 is 1.11 bits per heavy atom. The second-order valence-corrected chi connectivity index (χ2v) is 8.62. The second-order valence-electron chi connectivity index (χ2n) is 8.62. The summed E-state index contributed by atoms with van der Waals surface area (Å²) in [6.07, 6.45) is -7.91. The van der Waals surface area contributed by atoms with Gasteiger partial charge in [0.1, 0.15) is 30.5 Å². The molecule has 2 aromatic carbocycles. The molecule has 1 atom stereocenters. The second kappa shape index (κ2) is 9.64. The monoisotopic (exact) mass is 519 g/mol. The van der Waals surface area contributed by atoms with Crippen LogP contribution in [0.2, 0.25) is 0 Å². The Kier molecular flexibility index (Phi) is 6.91. The first-order chi connectivity index (χ1) is 16.8. The van der Waals surface area contributed by atoms with Crippen LogP contribution >= 0.6 is 0 Å². The first-order valence-corrected chi connectivity index (χ1v) is 10.8. The van der Waals surface area contributed by atoms with Crippen molar-refractivity contribution in [3.8, 4) is 11.5 Å². The molecule has 1 N–H and O–H groups in total. The molecule has 2 aliphatic heterocycles. The van der Waals surface area contributed by atoms with Crippen molar-refractivity contribution < 1.29 is 50.1 Å². The number of rotatable bonds is 6. The topological polar surface area (TPSA) is 59.0 Å². The standard InChI is InChI=1S/C24H20F7NO4/c25-20-7-17(35-12-15-1-2-16(23(26,27)28)6-19(15)24(29,30)31)8-21-18(20)5-13(11-36-21)9-32-4-3-14(10-32)22(33)34/h1-2,5-8,14H,3-4,9-12H2,(H,33,34). The molecule has 0 spiro atoms. The molecule has 4 rings (SSSR count). The van der Waals surface area contributed by atoms with E-state index in [0.29, 0.717) is 38.2 Å². The van der Waals surface area contributed by atoms with Crippen molar-refractivity contribution in [2.45, 2.75) is 25.4 Å². The van der Waals surface area contributed by atoms with Crippen LogP contribution < -0.4 is 9.47 Å². The van der Waals surface area contributed by atoms with Gasteiger partial charge in [-0.25, -0.2) is 4.39 Å². The van der Waals surface area contributed by atoms with Crippen LogP contribution in [0.5, 0.6) is 11.5 Å². The quantitative estimate of drug-likeness (QED) is 0.502. The van der Waals surface area contributed by atoms with E-state index < -0.39 is 53.4 Å². The Hall–Kier alpha value is -3.28. The van der Waals surface area contributed by atoms with E-state index in [1.54, 1.807) is 6.08 Å². The lowest BCUT2D eigenvalue weighted by molar-refractivity contribution is -0.144. The minimum Gasteiger partial charge on any atom is -0.489 e. The number of halogens is 7. The van der Waals surface area contributed by atoms with Crippen LogP contribution in [0.25, 0.3) is 6.08 Å². The van der Waals surface area contributed by atoms with Crippen molar-refractivity contribution in [3.63, 3.8) is 0 Å². The summed E-state index contributed by atoms with van der Waals surface area (Å²) in [5, 5.41) is 9.12. The van der Waals surface area contributed by atoms with Crippen LogP contribution in [-0.4, -0.2) is 42.2 Å². The van der Waals surface area contributed by atoms with Gasteiger partial charge in [-0.1, -0.05) is 6.07 Å². The summed E-state index contributed by atoms with van der Waals surface area (Å²) in [5.41, 5.74) is -2.64. The molecule has 0 bridgehead atoms. The summed E-state index contributed by atoms with van der Waals surface area (Å²) < 4.78 is 104. The Morgan fingerprint density at radius 2 is 1.86 bits per heavy atom. The molecule has 36 heavy (non-hydrogen) atoms. The Morgan fingerprint density at radius 3 is 2.50 bits per heavy atom. The fourth-order valence-corrected chi connectivity index (χ4v) is 4.19. The average Bonchev–Trinajstić information content (AvgIpc) is 3.25. The highest BCUT2D eigenvalue weighted by Gasteiger charge is 2.38. The number of carboxylic acid groups (broad SMARTS) is 1. The van der Waals surface area contributed by atoms with Gasteiger partial charge in [-0.3, -0.25) is 9.69 Å². The van der Waals surface area contributed by atoms with E-state index in [2.05, 4.69) is 0 Å². The Balaban J connectivity index is 1.48. The third kappa shape index (κ3) is 5.75. The lowest BCUT2D eigenvalue weighted by Gasteiger charge is -2.23. The molecule has 2 aromatic rings. The van der Waals surface area contributed by atoms with E-state index in [9.17, 15) is 35.5 Å². The van der Waals surface area contributed by atoms with E-state index in [4.69, 9.17) is 14.6 Å². The molecule has 1 fully saturated rings. The normalized spacial score (nSPS) is 18.4. The van der Waals surface area contributed by atoms with Crippen LogP contribution in [-0.2, 0) is 23.8 Å². The first-order valence-electron chi connectivity index (χ1n) is 10.8. The summed E-state index contributed by atoms with van der Waals surface area (Å²) in [5.74, 6) is -2.13. The number of ether oxygens (including phenoxy) is 2. The van der Waals surface area contributed by atoms with Crippen LogP contribution in [0.4, 0.5) is 30.7 Å². The number of hydrogen-bond acceptors (Lipinski definition) is 4. The van der Waals surface area contributed by atoms with Crippen LogP contribution in [0.1, 0.15) is 28.7 Å². The van der Waals surface area contributed by atoms with E-state index in [1.165, 1.54) is 6.07 Å². The summed E-state index contributed by atoms with van der Waals surface area (Å²) >= 11 is 0. The summed E-state index contributed by atoms with van der Waals surface area (Å²) in [6.45, 7) is 0.710. The minimum absolute atomic E-state index is 0.0145. The molecule has 0 aliphatic carbocycles. The third-order valence-corrected chi connectivity index (χ3v) is 6.01. The SMILES string of the molecule is O=C(O)C1CCN(CC2=Cc3c(F)cc(OCc4ccc(C(F)(F)F)cc4C(F)(F)F)cc3OC2)C1. The van der Waals surface area contributed by atoms with Gasteiger partial charge in [0.25, 0.3) is 0 Å². The lowest BCUT2D eigenvalue weighted by atomic mass is 10.0. The summed E-state index contributed by atoms with van der Waals surface area (Å²) in [4.78, 5) is 13.0. The van der Waals surface area contributed by atoms with Crippen molar-refractivity contribution in [2.75, 3.05) is 26.2 Å². The van der Waals surface area contributed by atoms with Crippen molar-refractivity contribution in [2.24, 2.45) is 5.92 Å². The molecule has 0 amide bonds. The predicted molar refractivity (Wildman–Crippen MR) is 113 cm³/mol. The number of fused-ring (bicyclic) bond motifs is 1. The van der Waals surface area contributed by atoms with Gasteiger partial charge in [0.2, 0.25) is 0 Å². The molecular weight excluding hydrogens is 499 g/mol. The number of alkyl halides is 6. The highest BCUT2D eigenvalue weighted by atomic mass is 19.4. The minimum atomic E-state index is -5.05. The number of aliphatic carboxylic acids is 1. The summed E-state index contributed by atoms with van der Waals surface area (Å²) in [7, 11) is 0. The molecule has 5 nitrogen and oxygen atoms in total.